The van der Waals surface area contributed by atoms with Crippen molar-refractivity contribution >= 4 is 11.8 Å². The molecule has 1 aliphatic carbocycles. The molecule has 1 aliphatic rings. The van der Waals surface area contributed by atoms with Gasteiger partial charge in [-0.05, 0) is 31.2 Å². The monoisotopic (exact) mass is 210 g/mol. The fraction of sp³-hybridized carbons (Fsp3) is 0.455. The van der Waals surface area contributed by atoms with E-state index in [2.05, 4.69) is 0 Å². The number of ether oxygens (including phenoxy) is 2. The topological polar surface area (TPSA) is 18.5 Å². The Bertz CT molecular complexity index is 321. The summed E-state index contributed by atoms with van der Waals surface area (Å²) in [6.07, 6.45) is 4.86. The van der Waals surface area contributed by atoms with E-state index in [4.69, 9.17) is 9.47 Å². The SMILES string of the molecule is COc1cc(OC2CC2)ccc1SC. The third-order valence-electron chi connectivity index (χ3n) is 2.18. The third-order valence-corrected chi connectivity index (χ3v) is 2.96. The summed E-state index contributed by atoms with van der Waals surface area (Å²) in [5.41, 5.74) is 0. The number of rotatable bonds is 4. The molecule has 0 saturated heterocycles. The van der Waals surface area contributed by atoms with Gasteiger partial charge in [0, 0.05) is 11.0 Å². The van der Waals surface area contributed by atoms with Gasteiger partial charge in [-0.1, -0.05) is 0 Å². The summed E-state index contributed by atoms with van der Waals surface area (Å²) in [7, 11) is 1.69. The zero-order valence-corrected chi connectivity index (χ0v) is 9.26. The molecule has 0 atom stereocenters. The average Bonchev–Trinajstić information content (AvgIpc) is 3.01. The van der Waals surface area contributed by atoms with Crippen molar-refractivity contribution in [2.75, 3.05) is 13.4 Å². The Kier molecular flexibility index (Phi) is 2.87. The summed E-state index contributed by atoms with van der Waals surface area (Å²) < 4.78 is 11.0. The molecule has 0 spiro atoms. The Morgan fingerprint density at radius 2 is 2.14 bits per heavy atom. The van der Waals surface area contributed by atoms with Crippen molar-refractivity contribution in [2.45, 2.75) is 23.8 Å². The van der Waals surface area contributed by atoms with Crippen LogP contribution in [0.15, 0.2) is 23.1 Å². The van der Waals surface area contributed by atoms with E-state index in [1.54, 1.807) is 18.9 Å². The Labute approximate surface area is 88.6 Å². The first kappa shape index (κ1) is 9.71. The van der Waals surface area contributed by atoms with E-state index in [-0.39, 0.29) is 0 Å². The Morgan fingerprint density at radius 1 is 1.36 bits per heavy atom. The minimum Gasteiger partial charge on any atom is -0.495 e. The number of hydrogen-bond donors (Lipinski definition) is 0. The highest BCUT2D eigenvalue weighted by atomic mass is 32.2. The first-order valence-electron chi connectivity index (χ1n) is 4.72. The predicted molar refractivity (Wildman–Crippen MR) is 58.4 cm³/mol. The van der Waals surface area contributed by atoms with Gasteiger partial charge in [0.1, 0.15) is 11.5 Å². The second kappa shape index (κ2) is 4.13. The van der Waals surface area contributed by atoms with Gasteiger partial charge in [0.25, 0.3) is 0 Å². The van der Waals surface area contributed by atoms with E-state index in [1.165, 1.54) is 12.8 Å². The van der Waals surface area contributed by atoms with Gasteiger partial charge in [0.05, 0.1) is 13.2 Å². The van der Waals surface area contributed by atoms with E-state index in [0.717, 1.165) is 16.4 Å². The zero-order valence-electron chi connectivity index (χ0n) is 8.45. The summed E-state index contributed by atoms with van der Waals surface area (Å²) >= 11 is 1.68. The summed E-state index contributed by atoms with van der Waals surface area (Å²) in [5.74, 6) is 1.82. The smallest absolute Gasteiger partial charge is 0.136 e. The lowest BCUT2D eigenvalue weighted by atomic mass is 10.3. The highest BCUT2D eigenvalue weighted by Gasteiger charge is 2.23. The molecule has 0 unspecified atom stereocenters. The van der Waals surface area contributed by atoms with Crippen LogP contribution in [0.4, 0.5) is 0 Å². The van der Waals surface area contributed by atoms with Crippen LogP contribution in [-0.4, -0.2) is 19.5 Å². The molecular formula is C11H14O2S. The van der Waals surface area contributed by atoms with Crippen molar-refractivity contribution in [2.24, 2.45) is 0 Å². The van der Waals surface area contributed by atoms with Crippen LogP contribution >= 0.6 is 11.8 Å². The van der Waals surface area contributed by atoms with Gasteiger partial charge in [-0.25, -0.2) is 0 Å². The molecule has 0 heterocycles. The lowest BCUT2D eigenvalue weighted by molar-refractivity contribution is 0.300. The standard InChI is InChI=1S/C11H14O2S/c1-12-10-7-9(13-8-3-4-8)5-6-11(10)14-2/h5-8H,3-4H2,1-2H3. The maximum absolute atomic E-state index is 5.68. The Balaban J connectivity index is 2.16. The quantitative estimate of drug-likeness (QED) is 0.712. The molecule has 2 nitrogen and oxygen atoms in total. The predicted octanol–water partition coefficient (Wildman–Crippen LogP) is 2.96. The molecule has 3 heteroatoms. The largest absolute Gasteiger partial charge is 0.495 e. The maximum Gasteiger partial charge on any atom is 0.136 e. The number of thioether (sulfide) groups is 1. The number of methoxy groups -OCH3 is 1. The van der Waals surface area contributed by atoms with E-state index < -0.39 is 0 Å². The molecule has 2 rings (SSSR count). The van der Waals surface area contributed by atoms with Crippen LogP contribution in [-0.2, 0) is 0 Å². The van der Waals surface area contributed by atoms with Crippen molar-refractivity contribution in [3.8, 4) is 11.5 Å². The zero-order chi connectivity index (χ0) is 9.97. The summed E-state index contributed by atoms with van der Waals surface area (Å²) in [5, 5.41) is 0. The van der Waals surface area contributed by atoms with E-state index >= 15 is 0 Å². The van der Waals surface area contributed by atoms with E-state index in [0.29, 0.717) is 6.10 Å². The summed E-state index contributed by atoms with van der Waals surface area (Å²) in [4.78, 5) is 1.15. The van der Waals surface area contributed by atoms with Gasteiger partial charge >= 0.3 is 0 Å². The van der Waals surface area contributed by atoms with Crippen LogP contribution in [0.5, 0.6) is 11.5 Å². The van der Waals surface area contributed by atoms with Crippen LogP contribution in [0, 0.1) is 0 Å². The summed E-state index contributed by atoms with van der Waals surface area (Å²) in [6.45, 7) is 0. The first-order valence-corrected chi connectivity index (χ1v) is 5.94. The number of hydrogen-bond acceptors (Lipinski definition) is 3. The lowest BCUT2D eigenvalue weighted by Crippen LogP contribution is -1.96. The fourth-order valence-corrected chi connectivity index (χ4v) is 1.82. The molecule has 14 heavy (non-hydrogen) atoms. The third kappa shape index (κ3) is 2.15. The molecule has 1 fully saturated rings. The first-order chi connectivity index (χ1) is 6.83. The van der Waals surface area contributed by atoms with Crippen molar-refractivity contribution < 1.29 is 9.47 Å². The van der Waals surface area contributed by atoms with Crippen LogP contribution in [0.3, 0.4) is 0 Å². The average molecular weight is 210 g/mol. The minimum absolute atomic E-state index is 0.444. The summed E-state index contributed by atoms with van der Waals surface area (Å²) in [6, 6.07) is 6.01. The van der Waals surface area contributed by atoms with Gasteiger partial charge in [-0.15, -0.1) is 11.8 Å². The maximum atomic E-state index is 5.68. The Morgan fingerprint density at radius 3 is 2.71 bits per heavy atom. The molecule has 0 radical (unpaired) electrons. The second-order valence-electron chi connectivity index (χ2n) is 3.33. The molecule has 76 valence electrons. The van der Waals surface area contributed by atoms with Crippen LogP contribution in [0.25, 0.3) is 0 Å². The molecule has 0 bridgehead atoms. The molecule has 1 saturated carbocycles. The molecule has 0 aliphatic heterocycles. The van der Waals surface area contributed by atoms with Gasteiger partial charge in [-0.3, -0.25) is 0 Å². The van der Waals surface area contributed by atoms with Gasteiger partial charge in [-0.2, -0.15) is 0 Å². The molecule has 1 aromatic carbocycles. The van der Waals surface area contributed by atoms with Crippen molar-refractivity contribution in [1.29, 1.82) is 0 Å². The second-order valence-corrected chi connectivity index (χ2v) is 4.18. The molecular weight excluding hydrogens is 196 g/mol. The Hall–Kier alpha value is -0.830. The van der Waals surface area contributed by atoms with Gasteiger partial charge in [0.15, 0.2) is 0 Å². The molecule has 0 amide bonds. The van der Waals surface area contributed by atoms with E-state index in [1.807, 2.05) is 24.5 Å². The van der Waals surface area contributed by atoms with Crippen LogP contribution in [0.2, 0.25) is 0 Å². The van der Waals surface area contributed by atoms with Gasteiger partial charge in [0.2, 0.25) is 0 Å². The van der Waals surface area contributed by atoms with Crippen LogP contribution in [0.1, 0.15) is 12.8 Å². The van der Waals surface area contributed by atoms with Crippen LogP contribution < -0.4 is 9.47 Å². The van der Waals surface area contributed by atoms with Gasteiger partial charge < -0.3 is 9.47 Å². The minimum atomic E-state index is 0.444. The highest BCUT2D eigenvalue weighted by Crippen LogP contribution is 2.34. The lowest BCUT2D eigenvalue weighted by Gasteiger charge is -2.09. The van der Waals surface area contributed by atoms with Crippen molar-refractivity contribution in [3.63, 3.8) is 0 Å². The molecule has 0 aromatic heterocycles. The fourth-order valence-electron chi connectivity index (χ4n) is 1.27. The number of benzene rings is 1. The van der Waals surface area contributed by atoms with Crippen molar-refractivity contribution in [3.05, 3.63) is 18.2 Å². The van der Waals surface area contributed by atoms with Crippen molar-refractivity contribution in [1.82, 2.24) is 0 Å². The highest BCUT2D eigenvalue weighted by molar-refractivity contribution is 7.98. The molecule has 0 N–H and O–H groups in total. The normalized spacial score (nSPS) is 15.3. The van der Waals surface area contributed by atoms with E-state index in [9.17, 15) is 0 Å². The molecule has 1 aromatic rings.